The highest BCUT2D eigenvalue weighted by Crippen LogP contribution is 2.20. The molecule has 486 valence electrons. The molecule has 0 spiro atoms. The fourth-order valence-corrected chi connectivity index (χ4v) is 12.0. The van der Waals surface area contributed by atoms with Gasteiger partial charge in [0.25, 0.3) is 0 Å². The van der Waals surface area contributed by atoms with Gasteiger partial charge in [-0.2, -0.15) is 0 Å². The second-order valence-corrected chi connectivity index (χ2v) is 26.0. The van der Waals surface area contributed by atoms with Crippen LogP contribution in [0, 0.1) is 0 Å². The Balaban J connectivity index is 3.29. The van der Waals surface area contributed by atoms with E-state index >= 15 is 0 Å². The maximum Gasteiger partial charge on any atom is 0.305 e. The highest BCUT2D eigenvalue weighted by Gasteiger charge is 2.20. The molecule has 82 heavy (non-hydrogen) atoms. The van der Waals surface area contributed by atoms with Crippen molar-refractivity contribution in [2.24, 2.45) is 0 Å². The van der Waals surface area contributed by atoms with Crippen molar-refractivity contribution in [3.8, 4) is 0 Å². The number of hydrogen-bond acceptors (Lipinski definition) is 5. The summed E-state index contributed by atoms with van der Waals surface area (Å²) in [6.45, 7) is 4.96. The van der Waals surface area contributed by atoms with E-state index < -0.39 is 12.1 Å². The van der Waals surface area contributed by atoms with E-state index in [9.17, 15) is 19.8 Å². The first kappa shape index (κ1) is 80.3. The molecule has 0 radical (unpaired) electrons. The molecule has 2 unspecified atom stereocenters. The lowest BCUT2D eigenvalue weighted by molar-refractivity contribution is -0.143. The van der Waals surface area contributed by atoms with Crippen LogP contribution in [0.5, 0.6) is 0 Å². The Kier molecular flexibility index (Phi) is 70.4. The van der Waals surface area contributed by atoms with Gasteiger partial charge in [0.05, 0.1) is 25.4 Å². The fraction of sp³-hybridized carbons (Fsp3) is 0.921. The van der Waals surface area contributed by atoms with Crippen LogP contribution in [0.1, 0.15) is 425 Å². The third-order valence-corrected chi connectivity index (χ3v) is 17.8. The summed E-state index contributed by atoms with van der Waals surface area (Å²) in [4.78, 5) is 24.6. The summed E-state index contributed by atoms with van der Waals surface area (Å²) in [6.07, 6.45) is 91.2. The molecule has 0 heterocycles. The van der Waals surface area contributed by atoms with Gasteiger partial charge in [-0.05, 0) is 57.8 Å². The van der Waals surface area contributed by atoms with E-state index in [0.717, 1.165) is 51.4 Å². The van der Waals surface area contributed by atoms with Crippen molar-refractivity contribution < 1.29 is 24.5 Å². The largest absolute Gasteiger partial charge is 0.466 e. The molecular weight excluding hydrogens is 1010 g/mol. The Labute approximate surface area is 513 Å². The van der Waals surface area contributed by atoms with Crippen molar-refractivity contribution >= 4 is 11.9 Å². The zero-order valence-electron chi connectivity index (χ0n) is 55.8. The van der Waals surface area contributed by atoms with E-state index in [-0.39, 0.29) is 18.5 Å². The normalized spacial score (nSPS) is 12.6. The molecule has 0 aromatic heterocycles. The highest BCUT2D eigenvalue weighted by molar-refractivity contribution is 5.76. The van der Waals surface area contributed by atoms with Crippen molar-refractivity contribution in [2.45, 2.75) is 437 Å². The summed E-state index contributed by atoms with van der Waals surface area (Å²) < 4.78 is 5.51. The third-order valence-electron chi connectivity index (χ3n) is 17.8. The third kappa shape index (κ3) is 67.5. The molecule has 0 aliphatic carbocycles. The van der Waals surface area contributed by atoms with Crippen LogP contribution in [0.4, 0.5) is 0 Å². The van der Waals surface area contributed by atoms with E-state index in [1.165, 1.54) is 340 Å². The van der Waals surface area contributed by atoms with Crippen LogP contribution >= 0.6 is 0 Å². The second-order valence-electron chi connectivity index (χ2n) is 26.0. The van der Waals surface area contributed by atoms with Gasteiger partial charge in [-0.1, -0.05) is 378 Å². The summed E-state index contributed by atoms with van der Waals surface area (Å²) in [7, 11) is 0. The van der Waals surface area contributed by atoms with Gasteiger partial charge in [-0.25, -0.2) is 0 Å². The van der Waals surface area contributed by atoms with Crippen molar-refractivity contribution in [2.75, 3.05) is 13.2 Å². The zero-order valence-corrected chi connectivity index (χ0v) is 55.8. The minimum atomic E-state index is -0.659. The number of carbonyl (C=O) groups is 2. The van der Waals surface area contributed by atoms with Gasteiger partial charge in [0.1, 0.15) is 0 Å². The first-order valence-corrected chi connectivity index (χ1v) is 37.6. The summed E-state index contributed by atoms with van der Waals surface area (Å²) in [6, 6.07) is -0.536. The summed E-state index contributed by atoms with van der Waals surface area (Å²) >= 11 is 0. The quantitative estimate of drug-likeness (QED) is 0.0320. The number of rotatable bonds is 71. The topological polar surface area (TPSA) is 95.9 Å². The number of nitrogens with one attached hydrogen (secondary N) is 1. The van der Waals surface area contributed by atoms with Crippen LogP contribution in [0.3, 0.4) is 0 Å². The van der Waals surface area contributed by atoms with Gasteiger partial charge >= 0.3 is 5.97 Å². The molecule has 0 aliphatic heterocycles. The zero-order chi connectivity index (χ0) is 59.2. The van der Waals surface area contributed by atoms with E-state index in [0.29, 0.717) is 25.9 Å². The number of unbranched alkanes of at least 4 members (excludes halogenated alkanes) is 56. The second kappa shape index (κ2) is 71.8. The van der Waals surface area contributed by atoms with Crippen molar-refractivity contribution in [1.82, 2.24) is 5.32 Å². The lowest BCUT2D eigenvalue weighted by atomic mass is 10.0. The van der Waals surface area contributed by atoms with E-state index in [1.807, 2.05) is 0 Å². The van der Waals surface area contributed by atoms with Crippen molar-refractivity contribution in [1.29, 1.82) is 0 Å². The first-order chi connectivity index (χ1) is 40.5. The number of aliphatic hydroxyl groups is 2. The van der Waals surface area contributed by atoms with Gasteiger partial charge in [-0.15, -0.1) is 0 Å². The smallest absolute Gasteiger partial charge is 0.305 e. The molecular formula is C76H147NO5. The predicted octanol–water partition coefficient (Wildman–Crippen LogP) is 24.5. The Morgan fingerprint density at radius 2 is 0.610 bits per heavy atom. The maximum atomic E-state index is 12.5. The van der Waals surface area contributed by atoms with Crippen LogP contribution in [0.2, 0.25) is 0 Å². The molecule has 0 bridgehead atoms. The molecule has 0 saturated heterocycles. The Morgan fingerprint density at radius 3 is 0.951 bits per heavy atom. The van der Waals surface area contributed by atoms with Gasteiger partial charge < -0.3 is 20.3 Å². The number of hydrogen-bond donors (Lipinski definition) is 3. The van der Waals surface area contributed by atoms with Crippen LogP contribution in [0.15, 0.2) is 24.3 Å². The molecule has 0 aliphatic rings. The fourth-order valence-electron chi connectivity index (χ4n) is 12.0. The average molecular weight is 1160 g/mol. The van der Waals surface area contributed by atoms with Gasteiger partial charge in [0.15, 0.2) is 0 Å². The predicted molar refractivity (Wildman–Crippen MR) is 361 cm³/mol. The average Bonchev–Trinajstić information content (AvgIpc) is 3.48. The molecule has 3 N–H and O–H groups in total. The van der Waals surface area contributed by atoms with E-state index in [4.69, 9.17) is 4.74 Å². The van der Waals surface area contributed by atoms with Crippen molar-refractivity contribution in [3.63, 3.8) is 0 Å². The highest BCUT2D eigenvalue weighted by atomic mass is 16.5. The molecule has 0 aromatic rings. The molecule has 0 fully saturated rings. The molecule has 1 amide bonds. The Morgan fingerprint density at radius 1 is 0.341 bits per heavy atom. The first-order valence-electron chi connectivity index (χ1n) is 37.6. The number of ether oxygens (including phenoxy) is 1. The van der Waals surface area contributed by atoms with Crippen molar-refractivity contribution in [3.05, 3.63) is 24.3 Å². The Bertz CT molecular complexity index is 1280. The Hall–Kier alpha value is -1.66. The monoisotopic (exact) mass is 1150 g/mol. The number of allylic oxidation sites excluding steroid dienone is 4. The molecule has 6 nitrogen and oxygen atoms in total. The summed E-state index contributed by atoms with van der Waals surface area (Å²) in [5, 5.41) is 23.3. The summed E-state index contributed by atoms with van der Waals surface area (Å²) in [5.41, 5.74) is 0. The maximum absolute atomic E-state index is 12.5. The number of esters is 1. The van der Waals surface area contributed by atoms with Crippen LogP contribution < -0.4 is 5.32 Å². The standard InChI is InChI=1S/C76H147NO5/c1-3-5-7-9-11-13-15-17-18-38-42-46-50-54-58-62-66-70-76(81)82-71-67-63-59-55-51-47-43-40-37-35-33-31-29-27-25-23-21-19-20-22-24-26-28-30-32-34-36-39-41-45-49-53-57-61-65-69-75(80)77-73(72-78)74(79)68-64-60-56-52-48-44-16-14-12-10-8-6-4-2/h11,13,17-18,73-74,78-79H,3-10,12,14-16,19-72H2,1-2H3,(H,77,80)/b13-11-,18-17-. The molecule has 0 aromatic carbocycles. The van der Waals surface area contributed by atoms with Crippen LogP contribution in [-0.4, -0.2) is 47.4 Å². The number of carbonyl (C=O) groups excluding carboxylic acids is 2. The number of amides is 1. The summed E-state index contributed by atoms with van der Waals surface area (Å²) in [5.74, 6) is -0.0117. The lowest BCUT2D eigenvalue weighted by Gasteiger charge is -2.22. The van der Waals surface area contributed by atoms with E-state index in [2.05, 4.69) is 43.5 Å². The molecule has 0 rings (SSSR count). The van der Waals surface area contributed by atoms with E-state index in [1.54, 1.807) is 0 Å². The SMILES string of the molecule is CCCCC/C=C\C/C=C\CCCCCCCCCC(=O)OCCCCCCCCCCCCCCCCCCCCCCCCCCCCCCCCCCCCCC(=O)NC(CO)C(O)CCCCCCCCCCCCCCC. The van der Waals surface area contributed by atoms with Gasteiger partial charge in [0, 0.05) is 12.8 Å². The van der Waals surface area contributed by atoms with Crippen LogP contribution in [0.25, 0.3) is 0 Å². The molecule has 6 heteroatoms. The minimum absolute atomic E-state index is 0.0155. The molecule has 2 atom stereocenters. The lowest BCUT2D eigenvalue weighted by Crippen LogP contribution is -2.45. The van der Waals surface area contributed by atoms with Crippen LogP contribution in [-0.2, 0) is 14.3 Å². The number of aliphatic hydroxyl groups excluding tert-OH is 2. The van der Waals surface area contributed by atoms with Gasteiger partial charge in [0.2, 0.25) is 5.91 Å². The molecule has 0 saturated carbocycles. The minimum Gasteiger partial charge on any atom is -0.466 e. The van der Waals surface area contributed by atoms with Gasteiger partial charge in [-0.3, -0.25) is 9.59 Å².